The summed E-state index contributed by atoms with van der Waals surface area (Å²) in [5.74, 6) is 1.68. The van der Waals surface area contributed by atoms with E-state index in [9.17, 15) is 0 Å². The molecule has 2 saturated carbocycles. The third kappa shape index (κ3) is 1.63. The van der Waals surface area contributed by atoms with Crippen molar-refractivity contribution in [2.75, 3.05) is 6.54 Å². The lowest BCUT2D eigenvalue weighted by Gasteiger charge is -2.14. The lowest BCUT2D eigenvalue weighted by atomic mass is 10.0. The van der Waals surface area contributed by atoms with E-state index in [1.54, 1.807) is 0 Å². The molecule has 0 amide bonds. The van der Waals surface area contributed by atoms with Crippen LogP contribution in [0, 0.1) is 0 Å². The van der Waals surface area contributed by atoms with E-state index in [0.29, 0.717) is 12.5 Å². The summed E-state index contributed by atoms with van der Waals surface area (Å²) in [5, 5.41) is 0. The Balaban J connectivity index is 1.87. The van der Waals surface area contributed by atoms with E-state index in [-0.39, 0.29) is 5.41 Å². The molecule has 1 aromatic heterocycles. The Hall–Kier alpha value is -0.960. The van der Waals surface area contributed by atoms with Gasteiger partial charge in [-0.15, -0.1) is 0 Å². The molecule has 3 nitrogen and oxygen atoms in total. The molecule has 2 aliphatic carbocycles. The van der Waals surface area contributed by atoms with Crippen molar-refractivity contribution in [3.8, 4) is 0 Å². The van der Waals surface area contributed by atoms with Crippen molar-refractivity contribution in [1.82, 2.24) is 9.97 Å². The van der Waals surface area contributed by atoms with Gasteiger partial charge >= 0.3 is 0 Å². The Morgan fingerprint density at radius 1 is 1.31 bits per heavy atom. The van der Waals surface area contributed by atoms with Gasteiger partial charge in [-0.25, -0.2) is 9.97 Å². The van der Waals surface area contributed by atoms with Crippen LogP contribution in [0.1, 0.15) is 56.0 Å². The fourth-order valence-corrected chi connectivity index (χ4v) is 2.75. The van der Waals surface area contributed by atoms with Crippen molar-refractivity contribution in [2.24, 2.45) is 5.73 Å². The molecule has 3 heteroatoms. The van der Waals surface area contributed by atoms with Crippen LogP contribution in [0.15, 0.2) is 12.3 Å². The van der Waals surface area contributed by atoms with E-state index in [1.165, 1.54) is 31.4 Å². The second-order valence-corrected chi connectivity index (χ2v) is 5.27. The Morgan fingerprint density at radius 3 is 2.69 bits per heavy atom. The number of hydrogen-bond acceptors (Lipinski definition) is 3. The Labute approximate surface area is 96.5 Å². The third-order valence-electron chi connectivity index (χ3n) is 4.17. The number of nitrogens with zero attached hydrogens (tertiary/aromatic N) is 2. The maximum atomic E-state index is 5.82. The Kier molecular flexibility index (Phi) is 2.43. The van der Waals surface area contributed by atoms with Crippen LogP contribution in [0.3, 0.4) is 0 Å². The first-order chi connectivity index (χ1) is 7.84. The normalized spacial score (nSPS) is 23.6. The lowest BCUT2D eigenvalue weighted by molar-refractivity contribution is 0.619. The largest absolute Gasteiger partial charge is 0.329 e. The van der Waals surface area contributed by atoms with Gasteiger partial charge < -0.3 is 5.73 Å². The summed E-state index contributed by atoms with van der Waals surface area (Å²) in [4.78, 5) is 9.19. The van der Waals surface area contributed by atoms with Crippen LogP contribution < -0.4 is 5.73 Å². The molecule has 0 aliphatic heterocycles. The van der Waals surface area contributed by atoms with Gasteiger partial charge in [0.2, 0.25) is 0 Å². The predicted octanol–water partition coefficient (Wildman–Crippen LogP) is 2.12. The first-order valence-corrected chi connectivity index (χ1v) is 6.38. The molecule has 86 valence electrons. The van der Waals surface area contributed by atoms with Crippen LogP contribution in [0.5, 0.6) is 0 Å². The van der Waals surface area contributed by atoms with Gasteiger partial charge in [0.1, 0.15) is 5.82 Å². The van der Waals surface area contributed by atoms with Gasteiger partial charge in [0.15, 0.2) is 0 Å². The van der Waals surface area contributed by atoms with Crippen LogP contribution in [0.2, 0.25) is 0 Å². The first kappa shape index (κ1) is 10.2. The van der Waals surface area contributed by atoms with E-state index >= 15 is 0 Å². The SMILES string of the molecule is NCC1(c2nccc(C3CCCC3)n2)CC1. The van der Waals surface area contributed by atoms with Crippen LogP contribution >= 0.6 is 0 Å². The second kappa shape index (κ2) is 3.81. The topological polar surface area (TPSA) is 51.8 Å². The van der Waals surface area contributed by atoms with Crippen molar-refractivity contribution < 1.29 is 0 Å². The van der Waals surface area contributed by atoms with Crippen molar-refractivity contribution >= 4 is 0 Å². The minimum Gasteiger partial charge on any atom is -0.329 e. The molecule has 0 unspecified atom stereocenters. The van der Waals surface area contributed by atoms with E-state index in [1.807, 2.05) is 6.20 Å². The molecular weight excluding hydrogens is 198 g/mol. The fraction of sp³-hybridized carbons (Fsp3) is 0.692. The summed E-state index contributed by atoms with van der Waals surface area (Å²) in [7, 11) is 0. The smallest absolute Gasteiger partial charge is 0.135 e. The molecule has 2 N–H and O–H groups in total. The fourth-order valence-electron chi connectivity index (χ4n) is 2.75. The number of nitrogens with two attached hydrogens (primary N) is 1. The summed E-state index contributed by atoms with van der Waals surface area (Å²) in [5.41, 5.74) is 7.21. The van der Waals surface area contributed by atoms with Crippen LogP contribution in [0.4, 0.5) is 0 Å². The van der Waals surface area contributed by atoms with Crippen molar-refractivity contribution in [2.45, 2.75) is 49.9 Å². The molecule has 0 bridgehead atoms. The highest BCUT2D eigenvalue weighted by molar-refractivity contribution is 5.21. The van der Waals surface area contributed by atoms with Gasteiger partial charge in [-0.05, 0) is 31.7 Å². The maximum absolute atomic E-state index is 5.82. The van der Waals surface area contributed by atoms with Gasteiger partial charge in [-0.1, -0.05) is 12.8 Å². The first-order valence-electron chi connectivity index (χ1n) is 6.38. The summed E-state index contributed by atoms with van der Waals surface area (Å²) in [6, 6.07) is 2.09. The quantitative estimate of drug-likeness (QED) is 0.843. The lowest BCUT2D eigenvalue weighted by Crippen LogP contribution is -2.23. The minimum absolute atomic E-state index is 0.134. The highest BCUT2D eigenvalue weighted by atomic mass is 14.9. The van der Waals surface area contributed by atoms with E-state index in [4.69, 9.17) is 10.7 Å². The third-order valence-corrected chi connectivity index (χ3v) is 4.17. The van der Waals surface area contributed by atoms with Gasteiger partial charge in [0, 0.05) is 29.8 Å². The molecule has 16 heavy (non-hydrogen) atoms. The molecule has 0 radical (unpaired) electrons. The second-order valence-electron chi connectivity index (χ2n) is 5.27. The molecule has 0 atom stereocenters. The minimum atomic E-state index is 0.134. The maximum Gasteiger partial charge on any atom is 0.135 e. The molecule has 2 aliphatic rings. The molecular formula is C13H19N3. The number of rotatable bonds is 3. The standard InChI is InChI=1S/C13H19N3/c14-9-13(6-7-13)12-15-8-5-11(16-12)10-3-1-2-4-10/h5,8,10H,1-4,6-7,9,14H2. The van der Waals surface area contributed by atoms with Gasteiger partial charge in [-0.2, -0.15) is 0 Å². The van der Waals surface area contributed by atoms with Crippen molar-refractivity contribution in [3.05, 3.63) is 23.8 Å². The van der Waals surface area contributed by atoms with Crippen LogP contribution in [-0.2, 0) is 5.41 Å². The highest BCUT2D eigenvalue weighted by Gasteiger charge is 2.45. The summed E-state index contributed by atoms with van der Waals surface area (Å²) in [6.45, 7) is 0.696. The van der Waals surface area contributed by atoms with Crippen molar-refractivity contribution in [3.63, 3.8) is 0 Å². The molecule has 3 rings (SSSR count). The number of aromatic nitrogens is 2. The molecule has 0 saturated heterocycles. The summed E-state index contributed by atoms with van der Waals surface area (Å²) in [6.07, 6.45) is 9.55. The van der Waals surface area contributed by atoms with Gasteiger partial charge in [-0.3, -0.25) is 0 Å². The zero-order valence-corrected chi connectivity index (χ0v) is 9.65. The predicted molar refractivity (Wildman–Crippen MR) is 63.2 cm³/mol. The molecule has 0 spiro atoms. The molecule has 1 heterocycles. The Bertz CT molecular complexity index is 379. The summed E-state index contributed by atoms with van der Waals surface area (Å²) < 4.78 is 0. The van der Waals surface area contributed by atoms with E-state index in [0.717, 1.165) is 18.7 Å². The van der Waals surface area contributed by atoms with Gasteiger partial charge in [0.05, 0.1) is 0 Å². The molecule has 1 aromatic rings. The average molecular weight is 217 g/mol. The zero-order valence-electron chi connectivity index (χ0n) is 9.65. The molecule has 2 fully saturated rings. The number of hydrogen-bond donors (Lipinski definition) is 1. The zero-order chi connectivity index (χ0) is 11.0. The van der Waals surface area contributed by atoms with E-state index in [2.05, 4.69) is 11.1 Å². The van der Waals surface area contributed by atoms with Crippen LogP contribution in [0.25, 0.3) is 0 Å². The van der Waals surface area contributed by atoms with Crippen LogP contribution in [-0.4, -0.2) is 16.5 Å². The summed E-state index contributed by atoms with van der Waals surface area (Å²) >= 11 is 0. The average Bonchev–Trinajstić information content (AvgIpc) is 2.95. The van der Waals surface area contributed by atoms with E-state index < -0.39 is 0 Å². The molecule has 0 aromatic carbocycles. The van der Waals surface area contributed by atoms with Gasteiger partial charge in [0.25, 0.3) is 0 Å². The Morgan fingerprint density at radius 2 is 2.06 bits per heavy atom. The van der Waals surface area contributed by atoms with Crippen molar-refractivity contribution in [1.29, 1.82) is 0 Å². The highest BCUT2D eigenvalue weighted by Crippen LogP contribution is 2.45. The monoisotopic (exact) mass is 217 g/mol.